The zero-order chi connectivity index (χ0) is 22.7. The molecule has 1 aromatic heterocycles. The highest BCUT2D eigenvalue weighted by Gasteiger charge is 2.40. The van der Waals surface area contributed by atoms with E-state index in [4.69, 9.17) is 9.15 Å². The third-order valence-corrected chi connectivity index (χ3v) is 5.89. The number of hydrogen-bond acceptors (Lipinski definition) is 5. The van der Waals surface area contributed by atoms with Gasteiger partial charge in [0.2, 0.25) is 0 Å². The van der Waals surface area contributed by atoms with Gasteiger partial charge in [-0.25, -0.2) is 9.29 Å². The predicted octanol–water partition coefficient (Wildman–Crippen LogP) is 5.67. The van der Waals surface area contributed by atoms with E-state index in [1.54, 1.807) is 36.6 Å². The summed E-state index contributed by atoms with van der Waals surface area (Å²) >= 11 is 1.25. The van der Waals surface area contributed by atoms with E-state index in [0.717, 1.165) is 4.90 Å². The molecular formula is C25H22FNO4S. The molecule has 0 fully saturated rings. The Balaban J connectivity index is 1.67. The minimum absolute atomic E-state index is 0.311. The van der Waals surface area contributed by atoms with Crippen LogP contribution in [0.2, 0.25) is 0 Å². The summed E-state index contributed by atoms with van der Waals surface area (Å²) < 4.78 is 24.5. The van der Waals surface area contributed by atoms with E-state index in [0.29, 0.717) is 51.5 Å². The van der Waals surface area contributed by atoms with Crippen molar-refractivity contribution in [2.75, 3.05) is 11.5 Å². The number of carbonyl (C=O) groups is 2. The van der Waals surface area contributed by atoms with Crippen LogP contribution in [0.1, 0.15) is 25.2 Å². The van der Waals surface area contributed by atoms with E-state index in [1.807, 2.05) is 6.07 Å². The van der Waals surface area contributed by atoms with Crippen molar-refractivity contribution in [1.29, 1.82) is 0 Å². The first kappa shape index (κ1) is 21.9. The van der Waals surface area contributed by atoms with Crippen LogP contribution >= 0.6 is 11.8 Å². The molecule has 0 bridgehead atoms. The SMILES string of the molecule is CC(C)COc1ccc(C2=C(SCc3ccco3)C(=O)N(c3ccc(F)cc3)C2=O)cc1. The molecule has 3 aromatic rings. The summed E-state index contributed by atoms with van der Waals surface area (Å²) in [5.74, 6) is 0.857. The van der Waals surface area contributed by atoms with Crippen LogP contribution in [0, 0.1) is 11.7 Å². The summed E-state index contributed by atoms with van der Waals surface area (Å²) in [4.78, 5) is 28.0. The molecule has 1 aliphatic rings. The van der Waals surface area contributed by atoms with Gasteiger partial charge in [-0.3, -0.25) is 9.59 Å². The number of nitrogens with zero attached hydrogens (tertiary/aromatic N) is 1. The number of halogens is 1. The van der Waals surface area contributed by atoms with Gasteiger partial charge in [0.05, 0.1) is 34.8 Å². The van der Waals surface area contributed by atoms with Crippen molar-refractivity contribution in [3.8, 4) is 5.75 Å². The highest BCUT2D eigenvalue weighted by atomic mass is 32.2. The topological polar surface area (TPSA) is 59.8 Å². The molecule has 2 heterocycles. The Morgan fingerprint density at radius 2 is 1.72 bits per heavy atom. The molecule has 0 spiro atoms. The van der Waals surface area contributed by atoms with E-state index in [2.05, 4.69) is 13.8 Å². The summed E-state index contributed by atoms with van der Waals surface area (Å²) in [7, 11) is 0. The molecule has 0 radical (unpaired) electrons. The van der Waals surface area contributed by atoms with Gasteiger partial charge in [0.1, 0.15) is 17.3 Å². The van der Waals surface area contributed by atoms with Crippen molar-refractivity contribution in [3.63, 3.8) is 0 Å². The Bertz CT molecular complexity index is 1140. The van der Waals surface area contributed by atoms with Gasteiger partial charge >= 0.3 is 0 Å². The standard InChI is InChI=1S/C25H22FNO4S/c1-16(2)14-31-20-11-5-17(6-12-20)22-23(32-15-21-4-3-13-30-21)25(29)27(24(22)28)19-9-7-18(26)8-10-19/h3-13,16H,14-15H2,1-2H3. The minimum Gasteiger partial charge on any atom is -0.493 e. The number of benzene rings is 2. The highest BCUT2D eigenvalue weighted by molar-refractivity contribution is 8.03. The van der Waals surface area contributed by atoms with E-state index in [9.17, 15) is 14.0 Å². The van der Waals surface area contributed by atoms with Crippen LogP contribution in [0.15, 0.2) is 76.2 Å². The van der Waals surface area contributed by atoms with Crippen molar-refractivity contribution in [1.82, 2.24) is 0 Å². The number of hydrogen-bond donors (Lipinski definition) is 0. The molecule has 4 rings (SSSR count). The van der Waals surface area contributed by atoms with Crippen LogP contribution in [0.3, 0.4) is 0 Å². The van der Waals surface area contributed by atoms with Gasteiger partial charge < -0.3 is 9.15 Å². The highest BCUT2D eigenvalue weighted by Crippen LogP contribution is 2.40. The first-order chi connectivity index (χ1) is 15.4. The Hall–Kier alpha value is -3.32. The lowest BCUT2D eigenvalue weighted by molar-refractivity contribution is -0.119. The second-order valence-electron chi connectivity index (χ2n) is 7.72. The normalized spacial score (nSPS) is 14.1. The maximum Gasteiger partial charge on any atom is 0.272 e. The monoisotopic (exact) mass is 451 g/mol. The van der Waals surface area contributed by atoms with Crippen molar-refractivity contribution in [2.24, 2.45) is 5.92 Å². The van der Waals surface area contributed by atoms with Crippen LogP contribution in [0.25, 0.3) is 5.57 Å². The van der Waals surface area contributed by atoms with Crippen LogP contribution < -0.4 is 9.64 Å². The fourth-order valence-corrected chi connectivity index (χ4v) is 4.26. The van der Waals surface area contributed by atoms with E-state index >= 15 is 0 Å². The van der Waals surface area contributed by atoms with E-state index in [-0.39, 0.29) is 0 Å². The summed E-state index contributed by atoms with van der Waals surface area (Å²) in [6, 6.07) is 16.0. The maximum atomic E-state index is 13.4. The van der Waals surface area contributed by atoms with Gasteiger partial charge in [0, 0.05) is 0 Å². The van der Waals surface area contributed by atoms with Gasteiger partial charge in [0.15, 0.2) is 0 Å². The molecular weight excluding hydrogens is 429 g/mol. The Morgan fingerprint density at radius 3 is 2.34 bits per heavy atom. The zero-order valence-corrected chi connectivity index (χ0v) is 18.5. The van der Waals surface area contributed by atoms with Gasteiger partial charge in [-0.15, -0.1) is 11.8 Å². The van der Waals surface area contributed by atoms with E-state index < -0.39 is 17.6 Å². The molecule has 1 aliphatic heterocycles. The quantitative estimate of drug-likeness (QED) is 0.413. The fraction of sp³-hybridized carbons (Fsp3) is 0.200. The summed E-state index contributed by atoms with van der Waals surface area (Å²) in [5, 5.41) is 0. The largest absolute Gasteiger partial charge is 0.493 e. The molecule has 5 nitrogen and oxygen atoms in total. The van der Waals surface area contributed by atoms with Gasteiger partial charge in [-0.05, 0) is 60.0 Å². The van der Waals surface area contributed by atoms with Crippen molar-refractivity contribution < 1.29 is 23.1 Å². The zero-order valence-electron chi connectivity index (χ0n) is 17.7. The van der Waals surface area contributed by atoms with Crippen LogP contribution in [-0.4, -0.2) is 18.4 Å². The number of amides is 2. The number of rotatable bonds is 8. The summed E-state index contributed by atoms with van der Waals surface area (Å²) in [6.07, 6.45) is 1.56. The average Bonchev–Trinajstić information content (AvgIpc) is 3.38. The van der Waals surface area contributed by atoms with Crippen LogP contribution in [0.5, 0.6) is 5.75 Å². The van der Waals surface area contributed by atoms with Crippen LogP contribution in [0.4, 0.5) is 10.1 Å². The lowest BCUT2D eigenvalue weighted by Gasteiger charge is -2.15. The molecule has 0 saturated carbocycles. The minimum atomic E-state index is -0.445. The molecule has 2 amide bonds. The molecule has 0 aliphatic carbocycles. The molecule has 2 aromatic carbocycles. The molecule has 0 N–H and O–H groups in total. The maximum absolute atomic E-state index is 13.4. The number of thioether (sulfide) groups is 1. The molecule has 164 valence electrons. The van der Waals surface area contributed by atoms with Gasteiger partial charge in [0.25, 0.3) is 11.8 Å². The van der Waals surface area contributed by atoms with Gasteiger partial charge in [-0.2, -0.15) is 0 Å². The number of ether oxygens (including phenoxy) is 1. The Morgan fingerprint density at radius 1 is 1.00 bits per heavy atom. The smallest absolute Gasteiger partial charge is 0.272 e. The molecule has 32 heavy (non-hydrogen) atoms. The third kappa shape index (κ3) is 4.62. The predicted molar refractivity (Wildman–Crippen MR) is 123 cm³/mol. The Kier molecular flexibility index (Phi) is 6.46. The summed E-state index contributed by atoms with van der Waals surface area (Å²) in [5.41, 5.74) is 1.25. The second-order valence-corrected chi connectivity index (χ2v) is 8.71. The van der Waals surface area contributed by atoms with Crippen molar-refractivity contribution in [3.05, 3.63) is 89.0 Å². The number of carbonyl (C=O) groups excluding carboxylic acids is 2. The summed E-state index contributed by atoms with van der Waals surface area (Å²) in [6.45, 7) is 4.71. The first-order valence-corrected chi connectivity index (χ1v) is 11.2. The van der Waals surface area contributed by atoms with Gasteiger partial charge in [-0.1, -0.05) is 26.0 Å². The van der Waals surface area contributed by atoms with Crippen molar-refractivity contribution >= 4 is 34.8 Å². The molecule has 0 saturated heterocycles. The molecule has 0 atom stereocenters. The number of imide groups is 1. The van der Waals surface area contributed by atoms with Crippen LogP contribution in [-0.2, 0) is 15.3 Å². The third-order valence-electron chi connectivity index (χ3n) is 4.79. The number of anilines is 1. The van der Waals surface area contributed by atoms with Crippen molar-refractivity contribution in [2.45, 2.75) is 19.6 Å². The van der Waals surface area contributed by atoms with E-state index in [1.165, 1.54) is 36.0 Å². The second kappa shape index (κ2) is 9.44. The molecule has 0 unspecified atom stereocenters. The number of furan rings is 1. The Labute approximate surface area is 189 Å². The average molecular weight is 452 g/mol. The molecule has 7 heteroatoms. The lowest BCUT2D eigenvalue weighted by atomic mass is 10.1. The fourth-order valence-electron chi connectivity index (χ4n) is 3.24. The first-order valence-electron chi connectivity index (χ1n) is 10.2. The lowest BCUT2D eigenvalue weighted by Crippen LogP contribution is -2.31.